The van der Waals surface area contributed by atoms with Gasteiger partial charge in [0.15, 0.2) is 12.2 Å². The van der Waals surface area contributed by atoms with Gasteiger partial charge >= 0.3 is 0 Å². The second kappa shape index (κ2) is 5.22. The van der Waals surface area contributed by atoms with Crippen molar-refractivity contribution in [3.63, 3.8) is 0 Å². The number of aryl methyl sites for hydroxylation is 1. The van der Waals surface area contributed by atoms with Gasteiger partial charge < -0.3 is 9.73 Å². The summed E-state index contributed by atoms with van der Waals surface area (Å²) < 4.78 is 8.95. The van der Waals surface area contributed by atoms with Crippen LogP contribution in [0.1, 0.15) is 15.4 Å². The number of hydrogen-bond acceptors (Lipinski definition) is 6. The van der Waals surface area contributed by atoms with Crippen LogP contribution in [0, 0.1) is 6.92 Å². The molecule has 1 N–H and O–H groups in total. The smallest absolute Gasteiger partial charge is 0.269 e. The molecule has 0 bridgehead atoms. The molecule has 0 saturated heterocycles. The summed E-state index contributed by atoms with van der Waals surface area (Å²) in [5.74, 6) is 0.482. The predicted molar refractivity (Wildman–Crippen MR) is 74.5 cm³/mol. The molecular weight excluding hydrogens is 276 g/mol. The van der Waals surface area contributed by atoms with Crippen molar-refractivity contribution in [2.75, 3.05) is 5.32 Å². The van der Waals surface area contributed by atoms with E-state index < -0.39 is 0 Å². The number of hydrogen-bond donors (Lipinski definition) is 1. The first-order chi connectivity index (χ1) is 9.74. The highest BCUT2D eigenvalue weighted by Crippen LogP contribution is 2.21. The molecule has 0 aliphatic carbocycles. The molecule has 2 heterocycles. The zero-order valence-electron chi connectivity index (χ0n) is 10.5. The fraction of sp³-hybridized carbons (Fsp3) is 0.0769. The third kappa shape index (κ3) is 2.43. The Morgan fingerprint density at radius 2 is 2.10 bits per heavy atom. The van der Waals surface area contributed by atoms with E-state index in [-0.39, 0.29) is 5.91 Å². The molecule has 100 valence electrons. The van der Waals surface area contributed by atoms with Crippen LogP contribution in [0.15, 0.2) is 41.3 Å². The van der Waals surface area contributed by atoms with Gasteiger partial charge in [0.2, 0.25) is 0 Å². The fourth-order valence-electron chi connectivity index (χ4n) is 1.70. The van der Waals surface area contributed by atoms with E-state index >= 15 is 0 Å². The fourth-order valence-corrected chi connectivity index (χ4v) is 2.26. The first-order valence-electron chi connectivity index (χ1n) is 5.83. The predicted octanol–water partition coefficient (Wildman–Crippen LogP) is 2.75. The maximum atomic E-state index is 12.0. The minimum Gasteiger partial charge on any atom is -0.444 e. The summed E-state index contributed by atoms with van der Waals surface area (Å²) in [6.07, 6.45) is 3.02. The number of nitrogens with one attached hydrogen (secondary N) is 1. The van der Waals surface area contributed by atoms with Crippen LogP contribution in [-0.4, -0.2) is 20.5 Å². The summed E-state index contributed by atoms with van der Waals surface area (Å²) in [5.41, 5.74) is 2.23. The molecule has 1 aromatic carbocycles. The zero-order chi connectivity index (χ0) is 13.9. The van der Waals surface area contributed by atoms with Crippen molar-refractivity contribution in [2.45, 2.75) is 6.92 Å². The molecule has 0 saturated carbocycles. The standard InChI is InChI=1S/C13H10N4O2S/c1-8-12(20-17-16-8)13(18)15-10-4-2-9(3-5-10)11-6-14-7-19-11/h2-7H,1H3,(H,15,18). The Balaban J connectivity index is 1.76. The van der Waals surface area contributed by atoms with Crippen molar-refractivity contribution in [3.05, 3.63) is 47.4 Å². The van der Waals surface area contributed by atoms with Crippen molar-refractivity contribution in [1.82, 2.24) is 14.6 Å². The van der Waals surface area contributed by atoms with Crippen LogP contribution >= 0.6 is 11.5 Å². The van der Waals surface area contributed by atoms with Gasteiger partial charge in [-0.15, -0.1) is 5.10 Å². The summed E-state index contributed by atoms with van der Waals surface area (Å²) >= 11 is 1.08. The van der Waals surface area contributed by atoms with E-state index in [0.29, 0.717) is 22.0 Å². The number of carbonyl (C=O) groups is 1. The average Bonchev–Trinajstić information content (AvgIpc) is 3.10. The van der Waals surface area contributed by atoms with E-state index in [2.05, 4.69) is 19.9 Å². The molecular formula is C13H10N4O2S. The van der Waals surface area contributed by atoms with Crippen LogP contribution < -0.4 is 5.32 Å². The third-order valence-electron chi connectivity index (χ3n) is 2.72. The van der Waals surface area contributed by atoms with Crippen molar-refractivity contribution in [1.29, 1.82) is 0 Å². The van der Waals surface area contributed by atoms with E-state index in [0.717, 1.165) is 17.1 Å². The monoisotopic (exact) mass is 286 g/mol. The Hall–Kier alpha value is -2.54. The lowest BCUT2D eigenvalue weighted by Crippen LogP contribution is -2.11. The second-order valence-corrected chi connectivity index (χ2v) is 4.84. The lowest BCUT2D eigenvalue weighted by atomic mass is 10.1. The molecule has 0 radical (unpaired) electrons. The molecule has 6 nitrogen and oxygen atoms in total. The lowest BCUT2D eigenvalue weighted by molar-refractivity contribution is 0.103. The van der Waals surface area contributed by atoms with Gasteiger partial charge in [0.1, 0.15) is 4.88 Å². The van der Waals surface area contributed by atoms with Crippen molar-refractivity contribution in [3.8, 4) is 11.3 Å². The number of nitrogens with zero attached hydrogens (tertiary/aromatic N) is 3. The largest absolute Gasteiger partial charge is 0.444 e. The van der Waals surface area contributed by atoms with Crippen LogP contribution in [0.5, 0.6) is 0 Å². The number of amides is 1. The highest BCUT2D eigenvalue weighted by molar-refractivity contribution is 7.08. The zero-order valence-corrected chi connectivity index (χ0v) is 11.3. The topological polar surface area (TPSA) is 80.9 Å². The van der Waals surface area contributed by atoms with Gasteiger partial charge in [-0.2, -0.15) is 0 Å². The Kier molecular flexibility index (Phi) is 3.26. The highest BCUT2D eigenvalue weighted by atomic mass is 32.1. The number of aromatic nitrogens is 3. The molecule has 0 atom stereocenters. The quantitative estimate of drug-likeness (QED) is 0.800. The lowest BCUT2D eigenvalue weighted by Gasteiger charge is -2.04. The van der Waals surface area contributed by atoms with Gasteiger partial charge in [0, 0.05) is 11.3 Å². The van der Waals surface area contributed by atoms with E-state index in [1.165, 1.54) is 6.39 Å². The summed E-state index contributed by atoms with van der Waals surface area (Å²) in [6.45, 7) is 1.76. The second-order valence-electron chi connectivity index (χ2n) is 4.08. The van der Waals surface area contributed by atoms with Crippen LogP contribution in [0.4, 0.5) is 5.69 Å². The number of oxazole rings is 1. The number of rotatable bonds is 3. The van der Waals surface area contributed by atoms with Crippen LogP contribution in [0.3, 0.4) is 0 Å². The van der Waals surface area contributed by atoms with Gasteiger partial charge in [-0.3, -0.25) is 4.79 Å². The van der Waals surface area contributed by atoms with Crippen molar-refractivity contribution < 1.29 is 9.21 Å². The molecule has 2 aromatic heterocycles. The normalized spacial score (nSPS) is 10.4. The first kappa shape index (κ1) is 12.5. The van der Waals surface area contributed by atoms with Gasteiger partial charge in [0.05, 0.1) is 11.9 Å². The molecule has 0 aliphatic heterocycles. The SMILES string of the molecule is Cc1nnsc1C(=O)Nc1ccc(-c2cnco2)cc1. The van der Waals surface area contributed by atoms with Gasteiger partial charge in [-0.25, -0.2) is 4.98 Å². The molecule has 1 amide bonds. The van der Waals surface area contributed by atoms with Gasteiger partial charge in [-0.1, -0.05) is 4.49 Å². The number of carbonyl (C=O) groups excluding carboxylic acids is 1. The molecule has 0 unspecified atom stereocenters. The van der Waals surface area contributed by atoms with E-state index in [9.17, 15) is 4.79 Å². The minimum absolute atomic E-state index is 0.204. The molecule has 3 aromatic rings. The Morgan fingerprint density at radius 1 is 1.30 bits per heavy atom. The van der Waals surface area contributed by atoms with Crippen molar-refractivity contribution in [2.24, 2.45) is 0 Å². The Labute approximate surface area is 118 Å². The summed E-state index contributed by atoms with van der Waals surface area (Å²) in [7, 11) is 0. The molecule has 7 heteroatoms. The summed E-state index contributed by atoms with van der Waals surface area (Å²) in [5, 5.41) is 6.62. The molecule has 0 spiro atoms. The number of anilines is 1. The van der Waals surface area contributed by atoms with Gasteiger partial charge in [0.25, 0.3) is 5.91 Å². The van der Waals surface area contributed by atoms with E-state index in [1.807, 2.05) is 12.1 Å². The van der Waals surface area contributed by atoms with Crippen LogP contribution in [-0.2, 0) is 0 Å². The summed E-state index contributed by atoms with van der Waals surface area (Å²) in [6, 6.07) is 7.32. The minimum atomic E-state index is -0.204. The third-order valence-corrected chi connectivity index (χ3v) is 3.54. The van der Waals surface area contributed by atoms with E-state index in [4.69, 9.17) is 4.42 Å². The van der Waals surface area contributed by atoms with Gasteiger partial charge in [-0.05, 0) is 42.7 Å². The number of benzene rings is 1. The van der Waals surface area contributed by atoms with Crippen LogP contribution in [0.25, 0.3) is 11.3 Å². The first-order valence-corrected chi connectivity index (χ1v) is 6.60. The van der Waals surface area contributed by atoms with E-state index in [1.54, 1.807) is 25.3 Å². The van der Waals surface area contributed by atoms with Crippen molar-refractivity contribution >= 4 is 23.1 Å². The average molecular weight is 286 g/mol. The maximum Gasteiger partial charge on any atom is 0.269 e. The van der Waals surface area contributed by atoms with Crippen LogP contribution in [0.2, 0.25) is 0 Å². The molecule has 3 rings (SSSR count). The molecule has 0 fully saturated rings. The summed E-state index contributed by atoms with van der Waals surface area (Å²) in [4.78, 5) is 16.4. The molecule has 0 aliphatic rings. The maximum absolute atomic E-state index is 12.0. The highest BCUT2D eigenvalue weighted by Gasteiger charge is 2.13. The molecule has 20 heavy (non-hydrogen) atoms. The Morgan fingerprint density at radius 3 is 2.70 bits per heavy atom. The Bertz CT molecular complexity index is 719.